The summed E-state index contributed by atoms with van der Waals surface area (Å²) in [4.78, 5) is 10.1. The van der Waals surface area contributed by atoms with Crippen molar-refractivity contribution >= 4 is 30.8 Å². The van der Waals surface area contributed by atoms with Crippen molar-refractivity contribution in [1.29, 1.82) is 0 Å². The van der Waals surface area contributed by atoms with Crippen molar-refractivity contribution in [3.05, 3.63) is 0 Å². The number of aliphatic carboxylic acids is 1. The third kappa shape index (κ3) is 9.93. The number of nitrogens with one attached hydrogen (secondary N) is 1. The summed E-state index contributed by atoms with van der Waals surface area (Å²) in [6.45, 7) is 0.376. The maximum atomic E-state index is 10.1. The Kier molecular flexibility index (Phi) is 16.3. The summed E-state index contributed by atoms with van der Waals surface area (Å²) in [6, 6.07) is -0.812. The Balaban J connectivity index is -0.000000405. The lowest BCUT2D eigenvalue weighted by atomic mass is 10.2. The molecule has 0 bridgehead atoms. The SMILES string of the molecule is Cl.Cl.N[C@@H](CCCNO)C(=O)O. The van der Waals surface area contributed by atoms with Crippen LogP contribution in [0.2, 0.25) is 0 Å². The Labute approximate surface area is 83.1 Å². The molecule has 0 aromatic carbocycles. The second kappa shape index (κ2) is 10.9. The number of hydroxylamine groups is 1. The fourth-order valence-corrected chi connectivity index (χ4v) is 0.525. The highest BCUT2D eigenvalue weighted by Crippen LogP contribution is 1.91. The van der Waals surface area contributed by atoms with Crippen LogP contribution in [0.15, 0.2) is 0 Å². The van der Waals surface area contributed by atoms with Crippen LogP contribution in [0.3, 0.4) is 0 Å². The van der Waals surface area contributed by atoms with Crippen LogP contribution in [0.1, 0.15) is 12.8 Å². The van der Waals surface area contributed by atoms with Gasteiger partial charge in [-0.05, 0) is 12.8 Å². The Morgan fingerprint density at radius 3 is 2.33 bits per heavy atom. The van der Waals surface area contributed by atoms with Crippen molar-refractivity contribution in [3.63, 3.8) is 0 Å². The van der Waals surface area contributed by atoms with Crippen LogP contribution in [0, 0.1) is 0 Å². The van der Waals surface area contributed by atoms with Crippen molar-refractivity contribution < 1.29 is 15.1 Å². The molecule has 0 aliphatic carbocycles. The molecule has 1 atom stereocenters. The van der Waals surface area contributed by atoms with Crippen molar-refractivity contribution in [2.75, 3.05) is 6.54 Å². The molecule has 0 radical (unpaired) electrons. The average molecular weight is 221 g/mol. The van der Waals surface area contributed by atoms with Crippen LogP contribution in [-0.4, -0.2) is 28.9 Å². The van der Waals surface area contributed by atoms with E-state index in [0.29, 0.717) is 19.4 Å². The van der Waals surface area contributed by atoms with Gasteiger partial charge in [-0.25, -0.2) is 5.48 Å². The molecule has 0 unspecified atom stereocenters. The molecule has 0 heterocycles. The van der Waals surface area contributed by atoms with Crippen molar-refractivity contribution in [2.24, 2.45) is 5.73 Å². The largest absolute Gasteiger partial charge is 0.480 e. The van der Waals surface area contributed by atoms with Crippen LogP contribution >= 0.6 is 24.8 Å². The van der Waals surface area contributed by atoms with E-state index in [-0.39, 0.29) is 24.8 Å². The summed E-state index contributed by atoms with van der Waals surface area (Å²) in [5.74, 6) is -1.00. The summed E-state index contributed by atoms with van der Waals surface area (Å²) in [6.07, 6.45) is 0.937. The van der Waals surface area contributed by atoms with E-state index in [2.05, 4.69) is 0 Å². The molecule has 5 nitrogen and oxygen atoms in total. The van der Waals surface area contributed by atoms with Gasteiger partial charge in [-0.2, -0.15) is 0 Å². The first-order valence-electron chi connectivity index (χ1n) is 3.04. The molecule has 0 rings (SSSR count). The maximum absolute atomic E-state index is 10.1. The molecular formula is C5H14Cl2N2O3. The van der Waals surface area contributed by atoms with E-state index < -0.39 is 12.0 Å². The first-order chi connectivity index (χ1) is 4.68. The topological polar surface area (TPSA) is 95.6 Å². The molecule has 0 aromatic rings. The van der Waals surface area contributed by atoms with E-state index in [0.717, 1.165) is 0 Å². The lowest BCUT2D eigenvalue weighted by Crippen LogP contribution is -2.30. The number of hydrogen-bond donors (Lipinski definition) is 4. The molecule has 7 heteroatoms. The fraction of sp³-hybridized carbons (Fsp3) is 0.800. The third-order valence-electron chi connectivity index (χ3n) is 1.12. The molecule has 0 aliphatic heterocycles. The highest BCUT2D eigenvalue weighted by atomic mass is 35.5. The normalized spacial score (nSPS) is 10.8. The summed E-state index contributed by atoms with van der Waals surface area (Å²) in [5.41, 5.74) is 7.06. The van der Waals surface area contributed by atoms with Gasteiger partial charge in [0.1, 0.15) is 6.04 Å². The Morgan fingerprint density at radius 2 is 2.00 bits per heavy atom. The lowest BCUT2D eigenvalue weighted by molar-refractivity contribution is -0.138. The van der Waals surface area contributed by atoms with Crippen molar-refractivity contribution in [3.8, 4) is 0 Å². The number of hydrogen-bond acceptors (Lipinski definition) is 4. The van der Waals surface area contributed by atoms with E-state index in [9.17, 15) is 4.79 Å². The number of rotatable bonds is 5. The van der Waals surface area contributed by atoms with Gasteiger partial charge in [0.15, 0.2) is 0 Å². The molecule has 0 fully saturated rings. The molecule has 0 saturated carbocycles. The van der Waals surface area contributed by atoms with E-state index in [4.69, 9.17) is 16.0 Å². The minimum absolute atomic E-state index is 0. The minimum atomic E-state index is -1.00. The van der Waals surface area contributed by atoms with Gasteiger partial charge in [-0.3, -0.25) is 4.79 Å². The fourth-order valence-electron chi connectivity index (χ4n) is 0.525. The second-order valence-corrected chi connectivity index (χ2v) is 2.00. The number of carboxylic acids is 1. The van der Waals surface area contributed by atoms with Crippen LogP contribution < -0.4 is 11.2 Å². The summed E-state index contributed by atoms with van der Waals surface area (Å²) < 4.78 is 0. The second-order valence-electron chi connectivity index (χ2n) is 2.00. The smallest absolute Gasteiger partial charge is 0.320 e. The van der Waals surface area contributed by atoms with E-state index in [1.54, 1.807) is 0 Å². The summed E-state index contributed by atoms with van der Waals surface area (Å²) >= 11 is 0. The molecule has 76 valence electrons. The van der Waals surface area contributed by atoms with Gasteiger partial charge < -0.3 is 16.0 Å². The number of carboxylic acid groups (broad SMARTS) is 1. The predicted octanol–water partition coefficient (Wildman–Crippen LogP) is 0.000900. The molecule has 0 aliphatic rings. The molecule has 0 amide bonds. The third-order valence-corrected chi connectivity index (χ3v) is 1.12. The van der Waals surface area contributed by atoms with Crippen LogP contribution in [0.4, 0.5) is 0 Å². The van der Waals surface area contributed by atoms with Gasteiger partial charge in [0.2, 0.25) is 0 Å². The first kappa shape index (κ1) is 17.9. The van der Waals surface area contributed by atoms with Crippen LogP contribution in [0.25, 0.3) is 0 Å². The predicted molar refractivity (Wildman–Crippen MR) is 49.1 cm³/mol. The minimum Gasteiger partial charge on any atom is -0.480 e. The van der Waals surface area contributed by atoms with E-state index in [1.165, 1.54) is 0 Å². The number of nitrogens with two attached hydrogens (primary N) is 1. The first-order valence-corrected chi connectivity index (χ1v) is 3.04. The molecule has 0 spiro atoms. The molecular weight excluding hydrogens is 207 g/mol. The van der Waals surface area contributed by atoms with Gasteiger partial charge in [-0.1, -0.05) is 0 Å². The van der Waals surface area contributed by atoms with Crippen LogP contribution in [0.5, 0.6) is 0 Å². The molecule has 0 saturated heterocycles. The van der Waals surface area contributed by atoms with E-state index in [1.807, 2.05) is 5.48 Å². The number of halogens is 2. The van der Waals surface area contributed by atoms with Gasteiger partial charge in [-0.15, -0.1) is 24.8 Å². The molecule has 0 aromatic heterocycles. The monoisotopic (exact) mass is 220 g/mol. The molecule has 5 N–H and O–H groups in total. The highest BCUT2D eigenvalue weighted by Gasteiger charge is 2.09. The Hall–Kier alpha value is -0.0700. The molecule has 12 heavy (non-hydrogen) atoms. The van der Waals surface area contributed by atoms with Gasteiger partial charge in [0, 0.05) is 6.54 Å². The zero-order chi connectivity index (χ0) is 7.98. The van der Waals surface area contributed by atoms with Gasteiger partial charge in [0.05, 0.1) is 0 Å². The van der Waals surface area contributed by atoms with Crippen LogP contribution in [-0.2, 0) is 4.79 Å². The van der Waals surface area contributed by atoms with Gasteiger partial charge in [0.25, 0.3) is 0 Å². The van der Waals surface area contributed by atoms with Crippen molar-refractivity contribution in [2.45, 2.75) is 18.9 Å². The summed E-state index contributed by atoms with van der Waals surface area (Å²) in [7, 11) is 0. The lowest BCUT2D eigenvalue weighted by Gasteiger charge is -2.03. The zero-order valence-corrected chi connectivity index (χ0v) is 8.03. The van der Waals surface area contributed by atoms with E-state index >= 15 is 0 Å². The Morgan fingerprint density at radius 1 is 1.50 bits per heavy atom. The number of carbonyl (C=O) groups is 1. The Bertz CT molecular complexity index is 115. The summed E-state index contributed by atoms with van der Waals surface area (Å²) in [5, 5.41) is 16.4. The average Bonchev–Trinajstić information content (AvgIpc) is 1.88. The zero-order valence-electron chi connectivity index (χ0n) is 6.40. The van der Waals surface area contributed by atoms with Gasteiger partial charge >= 0.3 is 5.97 Å². The highest BCUT2D eigenvalue weighted by molar-refractivity contribution is 5.85. The standard InChI is InChI=1S/C5H12N2O3.2ClH/c6-4(5(8)9)2-1-3-7-10;;/h4,7,10H,1-3,6H2,(H,8,9);2*1H/t4-;;/m0../s1. The maximum Gasteiger partial charge on any atom is 0.320 e. The quantitative estimate of drug-likeness (QED) is 0.387. The van der Waals surface area contributed by atoms with Crippen molar-refractivity contribution in [1.82, 2.24) is 5.48 Å².